The van der Waals surface area contributed by atoms with E-state index in [0.29, 0.717) is 36.1 Å². The summed E-state index contributed by atoms with van der Waals surface area (Å²) in [6.45, 7) is 1.88. The van der Waals surface area contributed by atoms with E-state index in [1.165, 1.54) is 11.3 Å². The molecule has 0 spiro atoms. The first-order chi connectivity index (χ1) is 18.5. The number of halogens is 2. The highest BCUT2D eigenvalue weighted by Crippen LogP contribution is 2.38. The van der Waals surface area contributed by atoms with Crippen molar-refractivity contribution in [3.05, 3.63) is 48.2 Å². The van der Waals surface area contributed by atoms with Gasteiger partial charge in [-0.25, -0.2) is 4.68 Å². The van der Waals surface area contributed by atoms with Gasteiger partial charge in [-0.3, -0.25) is 14.4 Å². The number of piperidine rings is 1. The quantitative estimate of drug-likeness (QED) is 0.353. The van der Waals surface area contributed by atoms with E-state index in [0.717, 1.165) is 49.2 Å². The molecule has 38 heavy (non-hydrogen) atoms. The number of carbonyl (C=O) groups is 1. The van der Waals surface area contributed by atoms with Gasteiger partial charge in [-0.15, -0.1) is 11.3 Å². The van der Waals surface area contributed by atoms with Crippen molar-refractivity contribution in [2.75, 3.05) is 39.4 Å². The second kappa shape index (κ2) is 10.8. The molecule has 0 atom stereocenters. The van der Waals surface area contributed by atoms with Gasteiger partial charge < -0.3 is 14.4 Å². The molecule has 0 N–H and O–H groups in total. The number of thiophene rings is 1. The van der Waals surface area contributed by atoms with Crippen LogP contribution in [0.25, 0.3) is 27.0 Å². The molecule has 2 fully saturated rings. The number of carbonyl (C=O) groups excluding carboxylic acids is 1. The molecule has 6 rings (SSSR count). The van der Waals surface area contributed by atoms with Crippen molar-refractivity contribution in [2.45, 2.75) is 32.0 Å². The van der Waals surface area contributed by atoms with Gasteiger partial charge in [0.05, 0.1) is 19.4 Å². The Hall–Kier alpha value is -3.35. The Morgan fingerprint density at radius 3 is 2.74 bits per heavy atom. The molecule has 4 aromatic rings. The molecule has 2 aliphatic heterocycles. The zero-order valence-electron chi connectivity index (χ0n) is 20.7. The fourth-order valence-electron chi connectivity index (χ4n) is 5.29. The van der Waals surface area contributed by atoms with E-state index in [-0.39, 0.29) is 18.2 Å². The van der Waals surface area contributed by atoms with Gasteiger partial charge in [0, 0.05) is 54.9 Å². The molecule has 0 radical (unpaired) electrons. The Morgan fingerprint density at radius 1 is 1.18 bits per heavy atom. The summed E-state index contributed by atoms with van der Waals surface area (Å²) in [7, 11) is 0. The molecule has 9 nitrogen and oxygen atoms in total. The van der Waals surface area contributed by atoms with Crippen LogP contribution in [-0.2, 0) is 16.1 Å². The van der Waals surface area contributed by atoms with Crippen molar-refractivity contribution in [2.24, 2.45) is 0 Å². The molecule has 5 heterocycles. The molecule has 2 aliphatic rings. The van der Waals surface area contributed by atoms with E-state index in [9.17, 15) is 13.6 Å². The summed E-state index contributed by atoms with van der Waals surface area (Å²) in [4.78, 5) is 17.6. The molecule has 0 bridgehead atoms. The largest absolute Gasteiger partial charge is 0.434 e. The van der Waals surface area contributed by atoms with Crippen LogP contribution in [-0.4, -0.2) is 87.3 Å². The number of nitrogens with zero attached hydrogens (tertiary/aromatic N) is 6. The fraction of sp³-hybridized carbons (Fsp3) is 0.423. The summed E-state index contributed by atoms with van der Waals surface area (Å²) in [6, 6.07) is 7.50. The van der Waals surface area contributed by atoms with Crippen molar-refractivity contribution < 1.29 is 23.0 Å². The van der Waals surface area contributed by atoms with Gasteiger partial charge in [0.1, 0.15) is 23.7 Å². The maximum Gasteiger partial charge on any atom is 0.387 e. The summed E-state index contributed by atoms with van der Waals surface area (Å²) in [5.41, 5.74) is 1.41. The number of hydrogen-bond donors (Lipinski definition) is 0. The van der Waals surface area contributed by atoms with Crippen LogP contribution >= 0.6 is 11.3 Å². The molecule has 12 heteroatoms. The number of benzene rings is 1. The minimum atomic E-state index is -2.98. The molecular weight excluding hydrogens is 514 g/mol. The Kier molecular flexibility index (Phi) is 7.09. The molecule has 1 amide bonds. The van der Waals surface area contributed by atoms with Gasteiger partial charge >= 0.3 is 6.61 Å². The summed E-state index contributed by atoms with van der Waals surface area (Å²) >= 11 is 1.50. The maximum atomic E-state index is 13.3. The smallest absolute Gasteiger partial charge is 0.387 e. The highest BCUT2D eigenvalue weighted by Gasteiger charge is 2.28. The summed E-state index contributed by atoms with van der Waals surface area (Å²) < 4.78 is 41.1. The van der Waals surface area contributed by atoms with Crippen molar-refractivity contribution >= 4 is 27.3 Å². The number of alkyl halides is 2. The Labute approximate surface area is 222 Å². The minimum absolute atomic E-state index is 0.0238. The van der Waals surface area contributed by atoms with Crippen LogP contribution in [0.2, 0.25) is 0 Å². The second-order valence-electron chi connectivity index (χ2n) is 9.46. The number of aromatic nitrogens is 4. The van der Waals surface area contributed by atoms with Crippen LogP contribution in [0.4, 0.5) is 8.78 Å². The number of morpholine rings is 1. The van der Waals surface area contributed by atoms with Gasteiger partial charge in [-0.2, -0.15) is 19.0 Å². The van der Waals surface area contributed by atoms with Gasteiger partial charge in [0.2, 0.25) is 5.91 Å². The average Bonchev–Trinajstić information content (AvgIpc) is 3.69. The predicted molar refractivity (Wildman–Crippen MR) is 139 cm³/mol. The van der Waals surface area contributed by atoms with Gasteiger partial charge in [0.15, 0.2) is 0 Å². The van der Waals surface area contributed by atoms with Crippen LogP contribution in [0.1, 0.15) is 12.8 Å². The first-order valence-corrected chi connectivity index (χ1v) is 13.6. The lowest BCUT2D eigenvalue weighted by atomic mass is 10.0. The SMILES string of the molecule is O=C(Cn1cc(-n2cccn2)c(-c2cc3sccc3cc2OC(F)F)n1)N1CCC(N2CCOCC2)CC1. The second-order valence-corrected chi connectivity index (χ2v) is 10.4. The lowest BCUT2D eigenvalue weighted by Gasteiger charge is -2.40. The monoisotopic (exact) mass is 542 g/mol. The number of hydrogen-bond acceptors (Lipinski definition) is 7. The number of rotatable bonds is 7. The Bertz CT molecular complexity index is 1390. The van der Waals surface area contributed by atoms with Crippen LogP contribution in [0.15, 0.2) is 48.2 Å². The zero-order valence-corrected chi connectivity index (χ0v) is 21.5. The van der Waals surface area contributed by atoms with Gasteiger partial charge in [-0.05, 0) is 47.9 Å². The fourth-order valence-corrected chi connectivity index (χ4v) is 6.10. The lowest BCUT2D eigenvalue weighted by Crippen LogP contribution is -2.50. The van der Waals surface area contributed by atoms with Crippen LogP contribution in [0.3, 0.4) is 0 Å². The molecule has 200 valence electrons. The minimum Gasteiger partial charge on any atom is -0.434 e. The zero-order chi connectivity index (χ0) is 26.1. The third-order valence-corrected chi connectivity index (χ3v) is 8.08. The summed E-state index contributed by atoms with van der Waals surface area (Å²) in [5, 5.41) is 11.7. The molecule has 2 saturated heterocycles. The first kappa shape index (κ1) is 25.0. The topological polar surface area (TPSA) is 77.6 Å². The van der Waals surface area contributed by atoms with E-state index in [4.69, 9.17) is 9.47 Å². The van der Waals surface area contributed by atoms with Crippen molar-refractivity contribution in [1.29, 1.82) is 0 Å². The summed E-state index contributed by atoms with van der Waals surface area (Å²) in [5.74, 6) is 0.00493. The molecule has 1 aromatic carbocycles. The van der Waals surface area contributed by atoms with Crippen LogP contribution in [0, 0.1) is 0 Å². The standard InChI is InChI=1S/C26H28F2N6O3S/c27-26(28)37-22-14-18-4-13-38-23(18)15-20(22)25-21(34-6-1-5-29-34)16-33(30-25)17-24(35)32-7-2-19(3-8-32)31-9-11-36-12-10-31/h1,4-6,13-16,19,26H,2-3,7-12,17H2. The first-order valence-electron chi connectivity index (χ1n) is 12.7. The molecular formula is C26H28F2N6O3S. The van der Waals surface area contributed by atoms with E-state index in [2.05, 4.69) is 15.1 Å². The van der Waals surface area contributed by atoms with E-state index in [1.54, 1.807) is 46.2 Å². The number of amides is 1. The lowest BCUT2D eigenvalue weighted by molar-refractivity contribution is -0.133. The van der Waals surface area contributed by atoms with Crippen molar-refractivity contribution in [3.63, 3.8) is 0 Å². The van der Waals surface area contributed by atoms with E-state index in [1.807, 2.05) is 16.3 Å². The Balaban J connectivity index is 1.25. The third kappa shape index (κ3) is 5.16. The molecule has 3 aromatic heterocycles. The summed E-state index contributed by atoms with van der Waals surface area (Å²) in [6.07, 6.45) is 6.98. The molecule has 0 saturated carbocycles. The highest BCUT2D eigenvalue weighted by molar-refractivity contribution is 7.17. The molecule has 0 unspecified atom stereocenters. The van der Waals surface area contributed by atoms with E-state index >= 15 is 0 Å². The Morgan fingerprint density at radius 2 is 2.00 bits per heavy atom. The normalized spacial score (nSPS) is 17.5. The predicted octanol–water partition coefficient (Wildman–Crippen LogP) is 3.88. The number of ether oxygens (including phenoxy) is 2. The average molecular weight is 543 g/mol. The van der Waals surface area contributed by atoms with Crippen LogP contribution in [0.5, 0.6) is 5.75 Å². The number of likely N-dealkylation sites (tertiary alicyclic amines) is 1. The maximum absolute atomic E-state index is 13.3. The highest BCUT2D eigenvalue weighted by atomic mass is 32.1. The number of fused-ring (bicyclic) bond motifs is 1. The van der Waals surface area contributed by atoms with Crippen LogP contribution < -0.4 is 4.74 Å². The third-order valence-electron chi connectivity index (χ3n) is 7.20. The van der Waals surface area contributed by atoms with E-state index < -0.39 is 6.61 Å². The van der Waals surface area contributed by atoms with Crippen molar-refractivity contribution in [1.82, 2.24) is 29.4 Å². The van der Waals surface area contributed by atoms with Gasteiger partial charge in [-0.1, -0.05) is 0 Å². The van der Waals surface area contributed by atoms with Crippen molar-refractivity contribution in [3.8, 4) is 22.7 Å². The molecule has 0 aliphatic carbocycles. The van der Waals surface area contributed by atoms with Gasteiger partial charge in [0.25, 0.3) is 0 Å².